The Bertz CT molecular complexity index is 282. The Balaban J connectivity index is 1.98. The van der Waals surface area contributed by atoms with Crippen LogP contribution in [0.15, 0.2) is 12.5 Å². The van der Waals surface area contributed by atoms with Crippen LogP contribution in [0.3, 0.4) is 0 Å². The third kappa shape index (κ3) is 5.53. The molecule has 2 N–H and O–H groups in total. The molecule has 0 unspecified atom stereocenters. The second-order valence-electron chi connectivity index (χ2n) is 3.99. The highest BCUT2D eigenvalue weighted by Gasteiger charge is 2.00. The fourth-order valence-electron chi connectivity index (χ4n) is 1.56. The molecule has 0 atom stereocenters. The first-order valence-corrected chi connectivity index (χ1v) is 6.07. The standard InChI is InChI=1S/C12H21N3O/c1-2-3-4-5-6-12(16)14-8-7-11-9-13-10-15-11/h9-10H,2-8H2,1H3,(H,13,15)(H,14,16). The van der Waals surface area contributed by atoms with Gasteiger partial charge in [0, 0.05) is 31.3 Å². The van der Waals surface area contributed by atoms with E-state index in [2.05, 4.69) is 22.2 Å². The number of rotatable bonds is 8. The average Bonchev–Trinajstić information content (AvgIpc) is 2.77. The number of hydrogen-bond donors (Lipinski definition) is 2. The van der Waals surface area contributed by atoms with Gasteiger partial charge in [0.15, 0.2) is 0 Å². The van der Waals surface area contributed by atoms with Crippen LogP contribution < -0.4 is 5.32 Å². The highest BCUT2D eigenvalue weighted by molar-refractivity contribution is 5.75. The van der Waals surface area contributed by atoms with E-state index in [1.807, 2.05) is 0 Å². The maximum atomic E-state index is 11.4. The van der Waals surface area contributed by atoms with Crippen LogP contribution in [0.25, 0.3) is 0 Å². The van der Waals surface area contributed by atoms with E-state index < -0.39 is 0 Å². The number of aromatic amines is 1. The van der Waals surface area contributed by atoms with Gasteiger partial charge >= 0.3 is 0 Å². The lowest BCUT2D eigenvalue weighted by atomic mass is 10.1. The Morgan fingerprint density at radius 2 is 2.31 bits per heavy atom. The molecule has 4 heteroatoms. The van der Waals surface area contributed by atoms with Crippen LogP contribution >= 0.6 is 0 Å². The van der Waals surface area contributed by atoms with E-state index in [0.717, 1.165) is 25.0 Å². The molecular weight excluding hydrogens is 202 g/mol. The Labute approximate surface area is 96.9 Å². The van der Waals surface area contributed by atoms with Crippen molar-refractivity contribution in [3.8, 4) is 0 Å². The molecule has 90 valence electrons. The van der Waals surface area contributed by atoms with Gasteiger partial charge in [0.2, 0.25) is 5.91 Å². The molecule has 0 aromatic carbocycles. The van der Waals surface area contributed by atoms with Crippen molar-refractivity contribution in [2.75, 3.05) is 6.54 Å². The van der Waals surface area contributed by atoms with E-state index in [1.54, 1.807) is 12.5 Å². The highest BCUT2D eigenvalue weighted by atomic mass is 16.1. The zero-order valence-corrected chi connectivity index (χ0v) is 9.96. The van der Waals surface area contributed by atoms with E-state index in [4.69, 9.17) is 0 Å². The summed E-state index contributed by atoms with van der Waals surface area (Å²) in [6.45, 7) is 2.86. The first kappa shape index (κ1) is 12.7. The number of carbonyl (C=O) groups excluding carboxylic acids is 1. The number of carbonyl (C=O) groups is 1. The summed E-state index contributed by atoms with van der Waals surface area (Å²) < 4.78 is 0. The van der Waals surface area contributed by atoms with E-state index in [1.165, 1.54) is 12.8 Å². The summed E-state index contributed by atoms with van der Waals surface area (Å²) in [6.07, 6.45) is 9.51. The number of H-pyrrole nitrogens is 1. The number of imidazole rings is 1. The molecule has 0 bridgehead atoms. The summed E-state index contributed by atoms with van der Waals surface area (Å²) >= 11 is 0. The van der Waals surface area contributed by atoms with Gasteiger partial charge in [-0.05, 0) is 6.42 Å². The summed E-state index contributed by atoms with van der Waals surface area (Å²) in [5.74, 6) is 0.163. The Morgan fingerprint density at radius 1 is 1.44 bits per heavy atom. The van der Waals surface area contributed by atoms with Crippen molar-refractivity contribution in [3.63, 3.8) is 0 Å². The first-order chi connectivity index (χ1) is 7.83. The van der Waals surface area contributed by atoms with Gasteiger partial charge in [-0.2, -0.15) is 0 Å². The lowest BCUT2D eigenvalue weighted by Gasteiger charge is -2.03. The Morgan fingerprint density at radius 3 is 3.00 bits per heavy atom. The molecule has 1 amide bonds. The SMILES string of the molecule is CCCCCCC(=O)NCCc1cnc[nH]1. The van der Waals surface area contributed by atoms with Gasteiger partial charge in [0.05, 0.1) is 6.33 Å². The van der Waals surface area contributed by atoms with Crippen LogP contribution in [0, 0.1) is 0 Å². The monoisotopic (exact) mass is 223 g/mol. The molecule has 0 saturated carbocycles. The molecule has 0 aliphatic carbocycles. The number of nitrogens with one attached hydrogen (secondary N) is 2. The van der Waals surface area contributed by atoms with Crippen LogP contribution in [0.2, 0.25) is 0 Å². The van der Waals surface area contributed by atoms with Crippen molar-refractivity contribution in [1.82, 2.24) is 15.3 Å². The van der Waals surface area contributed by atoms with Crippen LogP contribution in [0.4, 0.5) is 0 Å². The van der Waals surface area contributed by atoms with Gasteiger partial charge in [0.25, 0.3) is 0 Å². The summed E-state index contributed by atoms with van der Waals surface area (Å²) in [6, 6.07) is 0. The lowest BCUT2D eigenvalue weighted by Crippen LogP contribution is -2.25. The molecule has 4 nitrogen and oxygen atoms in total. The molecule has 0 saturated heterocycles. The Hall–Kier alpha value is -1.32. The smallest absolute Gasteiger partial charge is 0.220 e. The number of aromatic nitrogens is 2. The summed E-state index contributed by atoms with van der Waals surface area (Å²) in [5.41, 5.74) is 1.06. The molecule has 1 rings (SSSR count). The van der Waals surface area contributed by atoms with Crippen molar-refractivity contribution in [2.24, 2.45) is 0 Å². The quantitative estimate of drug-likeness (QED) is 0.663. The number of hydrogen-bond acceptors (Lipinski definition) is 2. The second-order valence-corrected chi connectivity index (χ2v) is 3.99. The van der Waals surface area contributed by atoms with Crippen molar-refractivity contribution < 1.29 is 4.79 Å². The van der Waals surface area contributed by atoms with Gasteiger partial charge in [0.1, 0.15) is 0 Å². The van der Waals surface area contributed by atoms with Crippen molar-refractivity contribution >= 4 is 5.91 Å². The van der Waals surface area contributed by atoms with Gasteiger partial charge in [-0.25, -0.2) is 4.98 Å². The third-order valence-corrected chi connectivity index (χ3v) is 2.53. The zero-order chi connectivity index (χ0) is 11.6. The fraction of sp³-hybridized carbons (Fsp3) is 0.667. The maximum Gasteiger partial charge on any atom is 0.220 e. The van der Waals surface area contributed by atoms with Crippen LogP contribution in [-0.2, 0) is 11.2 Å². The van der Waals surface area contributed by atoms with E-state index in [0.29, 0.717) is 13.0 Å². The minimum atomic E-state index is 0.163. The average molecular weight is 223 g/mol. The minimum absolute atomic E-state index is 0.163. The highest BCUT2D eigenvalue weighted by Crippen LogP contribution is 2.01. The molecular formula is C12H21N3O. The van der Waals surface area contributed by atoms with Gasteiger partial charge < -0.3 is 10.3 Å². The molecule has 0 spiro atoms. The van der Waals surface area contributed by atoms with Crippen molar-refractivity contribution in [2.45, 2.75) is 45.4 Å². The third-order valence-electron chi connectivity index (χ3n) is 2.53. The molecule has 0 aliphatic heterocycles. The van der Waals surface area contributed by atoms with E-state index >= 15 is 0 Å². The minimum Gasteiger partial charge on any atom is -0.356 e. The maximum absolute atomic E-state index is 11.4. The molecule has 0 radical (unpaired) electrons. The fourth-order valence-corrected chi connectivity index (χ4v) is 1.56. The number of unbranched alkanes of at least 4 members (excludes halogenated alkanes) is 3. The summed E-state index contributed by atoms with van der Waals surface area (Å²) in [4.78, 5) is 18.3. The van der Waals surface area contributed by atoms with Crippen molar-refractivity contribution in [1.29, 1.82) is 0 Å². The zero-order valence-electron chi connectivity index (χ0n) is 9.96. The number of nitrogens with zero attached hydrogens (tertiary/aromatic N) is 1. The second kappa shape index (κ2) is 7.91. The number of amides is 1. The topological polar surface area (TPSA) is 57.8 Å². The Kier molecular flexibility index (Phi) is 6.30. The predicted octanol–water partition coefficient (Wildman–Crippen LogP) is 2.04. The molecule has 1 aromatic heterocycles. The van der Waals surface area contributed by atoms with E-state index in [9.17, 15) is 4.79 Å². The van der Waals surface area contributed by atoms with Crippen LogP contribution in [0.1, 0.15) is 44.7 Å². The summed E-state index contributed by atoms with van der Waals surface area (Å²) in [5, 5.41) is 2.91. The van der Waals surface area contributed by atoms with Gasteiger partial charge in [-0.3, -0.25) is 4.79 Å². The van der Waals surface area contributed by atoms with Crippen molar-refractivity contribution in [3.05, 3.63) is 18.2 Å². The van der Waals surface area contributed by atoms with Gasteiger partial charge in [-0.15, -0.1) is 0 Å². The van der Waals surface area contributed by atoms with Crippen LogP contribution in [0.5, 0.6) is 0 Å². The first-order valence-electron chi connectivity index (χ1n) is 6.07. The normalized spacial score (nSPS) is 10.3. The molecule has 1 aromatic rings. The predicted molar refractivity (Wildman–Crippen MR) is 64.1 cm³/mol. The van der Waals surface area contributed by atoms with Gasteiger partial charge in [-0.1, -0.05) is 26.2 Å². The largest absolute Gasteiger partial charge is 0.356 e. The molecule has 0 fully saturated rings. The molecule has 0 aliphatic rings. The summed E-state index contributed by atoms with van der Waals surface area (Å²) in [7, 11) is 0. The van der Waals surface area contributed by atoms with E-state index in [-0.39, 0.29) is 5.91 Å². The molecule has 1 heterocycles. The lowest BCUT2D eigenvalue weighted by molar-refractivity contribution is -0.121. The van der Waals surface area contributed by atoms with Crippen LogP contribution in [-0.4, -0.2) is 22.4 Å². The molecule has 16 heavy (non-hydrogen) atoms.